The van der Waals surface area contributed by atoms with Gasteiger partial charge in [0.25, 0.3) is 10.9 Å². The summed E-state index contributed by atoms with van der Waals surface area (Å²) < 4.78 is 49.0. The minimum atomic E-state index is -4.70. The van der Waals surface area contributed by atoms with Crippen molar-refractivity contribution < 1.29 is 22.3 Å². The third-order valence-electron chi connectivity index (χ3n) is 2.81. The Hall–Kier alpha value is -2.19. The second kappa shape index (κ2) is 5.30. The molecule has 0 bridgehead atoms. The number of ether oxygens (including phenoxy) is 1. The van der Waals surface area contributed by atoms with Crippen molar-refractivity contribution in [2.45, 2.75) is 19.1 Å². The van der Waals surface area contributed by atoms with Crippen LogP contribution in [0.15, 0.2) is 26.3 Å². The number of nitrogens with one attached hydrogen (secondary N) is 1. The third kappa shape index (κ3) is 2.81. The number of rotatable bonds is 5. The van der Waals surface area contributed by atoms with E-state index < -0.39 is 34.5 Å². The Labute approximate surface area is 117 Å². The van der Waals surface area contributed by atoms with Crippen molar-refractivity contribution in [3.8, 4) is 5.75 Å². The molecule has 112 valence electrons. The fourth-order valence-electron chi connectivity index (χ4n) is 1.85. The molecule has 0 aliphatic heterocycles. The molecule has 0 unspecified atom stereocenters. The Balaban J connectivity index is 2.35. The van der Waals surface area contributed by atoms with E-state index in [9.17, 15) is 22.8 Å². The Kier molecular flexibility index (Phi) is 3.84. The maximum Gasteiger partial charge on any atom is 0.415 e. The lowest BCUT2D eigenvalue weighted by molar-refractivity contribution is -0.147. The number of furan rings is 1. The normalized spacial score (nSPS) is 13.3. The molecule has 1 atom stereocenters. The van der Waals surface area contributed by atoms with E-state index in [1.165, 1.54) is 12.3 Å². The molecule has 2 rings (SSSR count). The fraction of sp³-hybridized carbons (Fsp3) is 0.333. The van der Waals surface area contributed by atoms with Crippen LogP contribution in [-0.2, 0) is 0 Å². The summed E-state index contributed by atoms with van der Waals surface area (Å²) in [5.41, 5.74) is -1.93. The molecule has 9 heteroatoms. The van der Waals surface area contributed by atoms with Crippen LogP contribution < -0.4 is 26.4 Å². The van der Waals surface area contributed by atoms with Gasteiger partial charge in [-0.05, 0) is 13.0 Å². The van der Waals surface area contributed by atoms with Gasteiger partial charge >= 0.3 is 6.18 Å². The maximum atomic E-state index is 13.1. The molecule has 0 spiro atoms. The zero-order chi connectivity index (χ0) is 15.8. The van der Waals surface area contributed by atoms with E-state index in [-0.39, 0.29) is 12.4 Å². The second-order valence-electron chi connectivity index (χ2n) is 4.44. The van der Waals surface area contributed by atoms with Crippen molar-refractivity contribution in [1.82, 2.24) is 0 Å². The average Bonchev–Trinajstić information content (AvgIpc) is 2.82. The fourth-order valence-corrected chi connectivity index (χ4v) is 1.85. The van der Waals surface area contributed by atoms with Crippen LogP contribution in [0.3, 0.4) is 0 Å². The summed E-state index contributed by atoms with van der Waals surface area (Å²) in [5, 5.41) is 2.00. The van der Waals surface area contributed by atoms with Gasteiger partial charge in [-0.3, -0.25) is 9.59 Å². The third-order valence-corrected chi connectivity index (χ3v) is 2.81. The molecular formula is C12H11BF3NO4. The van der Waals surface area contributed by atoms with Gasteiger partial charge in [-0.15, -0.1) is 0 Å². The van der Waals surface area contributed by atoms with Gasteiger partial charge in [-0.2, -0.15) is 13.2 Å². The molecule has 0 fully saturated rings. The first-order valence-corrected chi connectivity index (χ1v) is 6.10. The molecule has 1 aromatic heterocycles. The van der Waals surface area contributed by atoms with Crippen LogP contribution in [0.25, 0.3) is 0 Å². The van der Waals surface area contributed by atoms with Crippen LogP contribution in [0.5, 0.6) is 5.75 Å². The summed E-state index contributed by atoms with van der Waals surface area (Å²) in [6.45, 7) is 1.62. The topological polar surface area (TPSA) is 68.5 Å². The Bertz CT molecular complexity index is 715. The first-order valence-electron chi connectivity index (χ1n) is 6.10. The zero-order valence-corrected chi connectivity index (χ0v) is 11.2. The maximum absolute atomic E-state index is 13.1. The lowest BCUT2D eigenvalue weighted by Gasteiger charge is -2.22. The van der Waals surface area contributed by atoms with Crippen LogP contribution in [0.2, 0.25) is 0 Å². The van der Waals surface area contributed by atoms with Gasteiger partial charge in [0.05, 0.1) is 12.9 Å². The monoisotopic (exact) mass is 301 g/mol. The van der Waals surface area contributed by atoms with Crippen LogP contribution in [0.4, 0.5) is 18.9 Å². The smallest absolute Gasteiger partial charge is 0.415 e. The van der Waals surface area contributed by atoms with Gasteiger partial charge in [0.15, 0.2) is 11.8 Å². The highest BCUT2D eigenvalue weighted by Crippen LogP contribution is 2.36. The first-order chi connectivity index (χ1) is 9.75. The van der Waals surface area contributed by atoms with Crippen molar-refractivity contribution in [1.29, 1.82) is 0 Å². The van der Waals surface area contributed by atoms with Gasteiger partial charge < -0.3 is 14.5 Å². The summed E-state index contributed by atoms with van der Waals surface area (Å²) in [6.07, 6.45) is -3.53. The summed E-state index contributed by atoms with van der Waals surface area (Å²) in [4.78, 5) is 22.7. The number of alkyl halides is 3. The van der Waals surface area contributed by atoms with Crippen molar-refractivity contribution in [3.05, 3.63) is 38.5 Å². The Morgan fingerprint density at radius 2 is 2.05 bits per heavy atom. The van der Waals surface area contributed by atoms with Crippen molar-refractivity contribution >= 4 is 19.0 Å². The minimum Gasteiger partial charge on any atom is -0.488 e. The quantitative estimate of drug-likeness (QED) is 0.633. The number of hydrogen-bond acceptors (Lipinski definition) is 5. The summed E-state index contributed by atoms with van der Waals surface area (Å²) in [6, 6.07) is -1.02. The first kappa shape index (κ1) is 15.2. The molecule has 21 heavy (non-hydrogen) atoms. The Morgan fingerprint density at radius 3 is 2.52 bits per heavy atom. The van der Waals surface area contributed by atoms with E-state index >= 15 is 0 Å². The molecular weight excluding hydrogens is 290 g/mol. The molecule has 0 amide bonds. The van der Waals surface area contributed by atoms with Gasteiger partial charge in [0.2, 0.25) is 0 Å². The van der Waals surface area contributed by atoms with E-state index in [1.807, 2.05) is 5.32 Å². The predicted octanol–water partition coefficient (Wildman–Crippen LogP) is 0.248. The molecule has 0 aliphatic rings. The number of halogens is 3. The van der Waals surface area contributed by atoms with Crippen molar-refractivity contribution in [3.63, 3.8) is 0 Å². The standard InChI is InChI=1S/C12H11BF3NO4/c1-2-20-10-7(8(18)9(10)19)17-11(12(14,15)16)6-3-5(13)4-21-6/h3-4,11,17H,2,13H2,1H3/t11-/m0/s1. The second-order valence-corrected chi connectivity index (χ2v) is 4.44. The molecule has 2 aromatic rings. The molecule has 1 N–H and O–H groups in total. The molecule has 1 heterocycles. The van der Waals surface area contributed by atoms with Gasteiger partial charge in [0, 0.05) is 0 Å². The number of anilines is 1. The zero-order valence-electron chi connectivity index (χ0n) is 11.2. The van der Waals surface area contributed by atoms with Crippen LogP contribution in [0, 0.1) is 0 Å². The highest BCUT2D eigenvalue weighted by atomic mass is 19.4. The van der Waals surface area contributed by atoms with Gasteiger partial charge in [-0.1, -0.05) is 5.46 Å². The summed E-state index contributed by atoms with van der Waals surface area (Å²) >= 11 is 0. The predicted molar refractivity (Wildman–Crippen MR) is 71.8 cm³/mol. The van der Waals surface area contributed by atoms with E-state index in [1.54, 1.807) is 14.8 Å². The highest BCUT2D eigenvalue weighted by Gasteiger charge is 2.44. The van der Waals surface area contributed by atoms with Gasteiger partial charge in [0.1, 0.15) is 19.3 Å². The highest BCUT2D eigenvalue weighted by molar-refractivity contribution is 6.32. The van der Waals surface area contributed by atoms with Crippen molar-refractivity contribution in [2.24, 2.45) is 0 Å². The molecule has 0 aliphatic carbocycles. The van der Waals surface area contributed by atoms with E-state index in [4.69, 9.17) is 9.15 Å². The largest absolute Gasteiger partial charge is 0.488 e. The Morgan fingerprint density at radius 1 is 1.38 bits per heavy atom. The molecule has 0 radical (unpaired) electrons. The lowest BCUT2D eigenvalue weighted by Crippen LogP contribution is -2.39. The van der Waals surface area contributed by atoms with Gasteiger partial charge in [-0.25, -0.2) is 0 Å². The van der Waals surface area contributed by atoms with Crippen molar-refractivity contribution in [2.75, 3.05) is 11.9 Å². The number of hydrogen-bond donors (Lipinski definition) is 1. The average molecular weight is 301 g/mol. The summed E-state index contributed by atoms with van der Waals surface area (Å²) in [7, 11) is 1.57. The summed E-state index contributed by atoms with van der Waals surface area (Å²) in [5.74, 6) is -0.768. The molecule has 1 aromatic carbocycles. The van der Waals surface area contributed by atoms with Crippen LogP contribution in [-0.4, -0.2) is 20.6 Å². The minimum absolute atomic E-state index is 0.0656. The molecule has 0 saturated carbocycles. The lowest BCUT2D eigenvalue weighted by atomic mass is 9.99. The molecule has 0 saturated heterocycles. The molecule has 5 nitrogen and oxygen atoms in total. The van der Waals surface area contributed by atoms with Crippen LogP contribution >= 0.6 is 0 Å². The van der Waals surface area contributed by atoms with E-state index in [0.29, 0.717) is 5.46 Å². The SMILES string of the molecule is Bc1coc([C@H](Nc2c(OCC)c(=O)c2=O)C(F)(F)F)c1. The van der Waals surface area contributed by atoms with E-state index in [2.05, 4.69) is 0 Å². The van der Waals surface area contributed by atoms with Crippen LogP contribution in [0.1, 0.15) is 18.7 Å². The van der Waals surface area contributed by atoms with E-state index in [0.717, 1.165) is 0 Å².